The first-order chi connectivity index (χ1) is 8.18. The first kappa shape index (κ1) is 12.1. The molecule has 1 aromatic heterocycles. The SMILES string of the molecule is Cc1cnccc1C(N)Cc1ccccc1Cl. The van der Waals surface area contributed by atoms with Gasteiger partial charge in [-0.3, -0.25) is 4.98 Å². The van der Waals surface area contributed by atoms with Gasteiger partial charge in [-0.1, -0.05) is 29.8 Å². The van der Waals surface area contributed by atoms with Crippen molar-refractivity contribution >= 4 is 11.6 Å². The number of nitrogens with zero attached hydrogens (tertiary/aromatic N) is 1. The third kappa shape index (κ3) is 2.84. The molecule has 2 nitrogen and oxygen atoms in total. The van der Waals surface area contributed by atoms with E-state index in [0.717, 1.165) is 28.1 Å². The number of rotatable bonds is 3. The maximum atomic E-state index is 6.21. The fourth-order valence-electron chi connectivity index (χ4n) is 1.91. The van der Waals surface area contributed by atoms with Crippen molar-refractivity contribution in [2.75, 3.05) is 0 Å². The largest absolute Gasteiger partial charge is 0.324 e. The lowest BCUT2D eigenvalue weighted by Gasteiger charge is -2.15. The van der Waals surface area contributed by atoms with Crippen LogP contribution in [0.15, 0.2) is 42.7 Å². The normalized spacial score (nSPS) is 12.4. The smallest absolute Gasteiger partial charge is 0.0438 e. The summed E-state index contributed by atoms with van der Waals surface area (Å²) in [5, 5.41) is 0.773. The van der Waals surface area contributed by atoms with E-state index in [1.165, 1.54) is 0 Å². The van der Waals surface area contributed by atoms with Crippen molar-refractivity contribution in [3.63, 3.8) is 0 Å². The van der Waals surface area contributed by atoms with Crippen LogP contribution in [0.2, 0.25) is 5.02 Å². The highest BCUT2D eigenvalue weighted by Crippen LogP contribution is 2.23. The van der Waals surface area contributed by atoms with E-state index in [4.69, 9.17) is 17.3 Å². The van der Waals surface area contributed by atoms with Gasteiger partial charge in [-0.25, -0.2) is 0 Å². The molecule has 1 unspecified atom stereocenters. The molecule has 2 rings (SSSR count). The summed E-state index contributed by atoms with van der Waals surface area (Å²) in [4.78, 5) is 4.07. The number of benzene rings is 1. The van der Waals surface area contributed by atoms with E-state index in [2.05, 4.69) is 4.98 Å². The van der Waals surface area contributed by atoms with E-state index in [0.29, 0.717) is 0 Å². The molecule has 0 saturated carbocycles. The van der Waals surface area contributed by atoms with Crippen LogP contribution in [-0.4, -0.2) is 4.98 Å². The van der Waals surface area contributed by atoms with Crippen molar-refractivity contribution in [1.29, 1.82) is 0 Å². The molecule has 1 aromatic carbocycles. The standard InChI is InChI=1S/C14H15ClN2/c1-10-9-17-7-6-12(10)14(16)8-11-4-2-3-5-13(11)15/h2-7,9,14H,8,16H2,1H3. The minimum Gasteiger partial charge on any atom is -0.324 e. The van der Waals surface area contributed by atoms with Crippen LogP contribution >= 0.6 is 11.6 Å². The molecule has 88 valence electrons. The molecule has 17 heavy (non-hydrogen) atoms. The molecular weight excluding hydrogens is 232 g/mol. The van der Waals surface area contributed by atoms with Crippen LogP contribution in [0.3, 0.4) is 0 Å². The summed E-state index contributed by atoms with van der Waals surface area (Å²) in [6.45, 7) is 2.02. The van der Waals surface area contributed by atoms with Gasteiger partial charge in [-0.05, 0) is 42.2 Å². The maximum absolute atomic E-state index is 6.21. The molecule has 1 atom stereocenters. The summed E-state index contributed by atoms with van der Waals surface area (Å²) < 4.78 is 0. The Morgan fingerprint density at radius 1 is 1.29 bits per heavy atom. The van der Waals surface area contributed by atoms with Gasteiger partial charge in [0.1, 0.15) is 0 Å². The Hall–Kier alpha value is -1.38. The van der Waals surface area contributed by atoms with E-state index in [1.807, 2.05) is 43.5 Å². The zero-order valence-electron chi connectivity index (χ0n) is 9.73. The van der Waals surface area contributed by atoms with Crippen molar-refractivity contribution in [3.8, 4) is 0 Å². The van der Waals surface area contributed by atoms with E-state index in [1.54, 1.807) is 6.20 Å². The molecule has 0 bridgehead atoms. The van der Waals surface area contributed by atoms with Gasteiger partial charge in [-0.15, -0.1) is 0 Å². The van der Waals surface area contributed by atoms with Gasteiger partial charge >= 0.3 is 0 Å². The predicted octanol–water partition coefficient (Wildman–Crippen LogP) is 3.29. The second-order valence-corrected chi connectivity index (χ2v) is 4.54. The average molecular weight is 247 g/mol. The Balaban J connectivity index is 2.20. The van der Waals surface area contributed by atoms with Crippen LogP contribution in [0.4, 0.5) is 0 Å². The van der Waals surface area contributed by atoms with Crippen LogP contribution in [0.1, 0.15) is 22.7 Å². The predicted molar refractivity (Wildman–Crippen MR) is 71.1 cm³/mol. The lowest BCUT2D eigenvalue weighted by Crippen LogP contribution is -2.15. The monoisotopic (exact) mass is 246 g/mol. The molecule has 0 radical (unpaired) electrons. The van der Waals surface area contributed by atoms with E-state index >= 15 is 0 Å². The van der Waals surface area contributed by atoms with Crippen LogP contribution < -0.4 is 5.73 Å². The van der Waals surface area contributed by atoms with Gasteiger partial charge in [0.2, 0.25) is 0 Å². The highest BCUT2D eigenvalue weighted by molar-refractivity contribution is 6.31. The van der Waals surface area contributed by atoms with Crippen LogP contribution in [-0.2, 0) is 6.42 Å². The zero-order valence-corrected chi connectivity index (χ0v) is 10.5. The van der Waals surface area contributed by atoms with Crippen molar-refractivity contribution in [2.45, 2.75) is 19.4 Å². The van der Waals surface area contributed by atoms with Crippen LogP contribution in [0, 0.1) is 6.92 Å². The highest BCUT2D eigenvalue weighted by Gasteiger charge is 2.11. The summed E-state index contributed by atoms with van der Waals surface area (Å²) in [5.41, 5.74) is 9.53. The molecule has 2 aromatic rings. The topological polar surface area (TPSA) is 38.9 Å². The molecule has 0 spiro atoms. The number of hydrogen-bond acceptors (Lipinski definition) is 2. The molecule has 0 aliphatic rings. The first-order valence-corrected chi connectivity index (χ1v) is 5.96. The third-order valence-electron chi connectivity index (χ3n) is 2.86. The van der Waals surface area contributed by atoms with E-state index in [9.17, 15) is 0 Å². The number of aromatic nitrogens is 1. The molecule has 2 N–H and O–H groups in total. The third-order valence-corrected chi connectivity index (χ3v) is 3.23. The number of pyridine rings is 1. The summed E-state index contributed by atoms with van der Waals surface area (Å²) in [6.07, 6.45) is 4.35. The molecule has 0 amide bonds. The molecule has 3 heteroatoms. The van der Waals surface area contributed by atoms with Gasteiger partial charge in [0.15, 0.2) is 0 Å². The molecule has 0 aliphatic heterocycles. The Bertz CT molecular complexity index is 511. The fourth-order valence-corrected chi connectivity index (χ4v) is 2.12. The first-order valence-electron chi connectivity index (χ1n) is 5.58. The number of hydrogen-bond donors (Lipinski definition) is 1. The van der Waals surface area contributed by atoms with Gasteiger partial charge in [0, 0.05) is 23.5 Å². The Morgan fingerprint density at radius 2 is 2.06 bits per heavy atom. The Labute approximate surface area is 106 Å². The molecule has 0 aliphatic carbocycles. The quantitative estimate of drug-likeness (QED) is 0.903. The fraction of sp³-hybridized carbons (Fsp3) is 0.214. The molecule has 0 saturated heterocycles. The van der Waals surface area contributed by atoms with E-state index < -0.39 is 0 Å². The summed E-state index contributed by atoms with van der Waals surface area (Å²) in [7, 11) is 0. The van der Waals surface area contributed by atoms with Crippen LogP contribution in [0.25, 0.3) is 0 Å². The van der Waals surface area contributed by atoms with Gasteiger partial charge in [0.25, 0.3) is 0 Å². The second-order valence-electron chi connectivity index (χ2n) is 4.13. The number of aryl methyl sites for hydroxylation is 1. The zero-order chi connectivity index (χ0) is 12.3. The Morgan fingerprint density at radius 3 is 2.76 bits per heavy atom. The van der Waals surface area contributed by atoms with Gasteiger partial charge < -0.3 is 5.73 Å². The van der Waals surface area contributed by atoms with Gasteiger partial charge in [0.05, 0.1) is 0 Å². The maximum Gasteiger partial charge on any atom is 0.0438 e. The van der Waals surface area contributed by atoms with Gasteiger partial charge in [-0.2, -0.15) is 0 Å². The number of halogens is 1. The Kier molecular flexibility index (Phi) is 3.77. The molecule has 0 fully saturated rings. The van der Waals surface area contributed by atoms with Crippen molar-refractivity contribution in [1.82, 2.24) is 4.98 Å². The lowest BCUT2D eigenvalue weighted by atomic mass is 9.97. The molecular formula is C14H15ClN2. The highest BCUT2D eigenvalue weighted by atomic mass is 35.5. The molecule has 1 heterocycles. The van der Waals surface area contributed by atoms with Crippen molar-refractivity contribution < 1.29 is 0 Å². The minimum atomic E-state index is -0.0436. The van der Waals surface area contributed by atoms with Crippen LogP contribution in [0.5, 0.6) is 0 Å². The second kappa shape index (κ2) is 5.30. The summed E-state index contributed by atoms with van der Waals surface area (Å²) in [6, 6.07) is 9.74. The summed E-state index contributed by atoms with van der Waals surface area (Å²) in [5.74, 6) is 0. The minimum absolute atomic E-state index is 0.0436. The summed E-state index contributed by atoms with van der Waals surface area (Å²) >= 11 is 6.13. The van der Waals surface area contributed by atoms with E-state index in [-0.39, 0.29) is 6.04 Å². The number of nitrogens with two attached hydrogens (primary N) is 1. The van der Waals surface area contributed by atoms with Crippen molar-refractivity contribution in [2.24, 2.45) is 5.73 Å². The van der Waals surface area contributed by atoms with Crippen molar-refractivity contribution in [3.05, 3.63) is 64.4 Å². The lowest BCUT2D eigenvalue weighted by molar-refractivity contribution is 0.715. The average Bonchev–Trinajstić information content (AvgIpc) is 2.32.